The lowest BCUT2D eigenvalue weighted by Gasteiger charge is -2.54. The number of carbonyl (C=O) groups is 2. The molecule has 5 rings (SSSR count). The Bertz CT molecular complexity index is 749. The van der Waals surface area contributed by atoms with Crippen molar-refractivity contribution in [2.24, 2.45) is 17.8 Å². The zero-order chi connectivity index (χ0) is 23.3. The van der Waals surface area contributed by atoms with Crippen molar-refractivity contribution in [2.75, 3.05) is 19.6 Å². The van der Waals surface area contributed by atoms with Crippen LogP contribution in [-0.2, 0) is 9.53 Å². The van der Waals surface area contributed by atoms with Crippen LogP contribution in [0.25, 0.3) is 0 Å². The number of piperazine rings is 1. The lowest BCUT2D eigenvalue weighted by atomic mass is 9.73. The first kappa shape index (κ1) is 23.7. The van der Waals surface area contributed by atoms with E-state index in [0.717, 1.165) is 57.7 Å². The fourth-order valence-corrected chi connectivity index (χ4v) is 7.53. The van der Waals surface area contributed by atoms with Crippen molar-refractivity contribution in [3.8, 4) is 0 Å². The van der Waals surface area contributed by atoms with Crippen LogP contribution in [0.1, 0.15) is 72.1 Å². The average Bonchev–Trinajstić information content (AvgIpc) is 3.51. The molecule has 0 bridgehead atoms. The number of alkyl halides is 1. The standard InChI is InChI=1S/C25H41ClN4O3/c1-15-4-9-24(21(26)10-15)33-25(32)28-13-16(2)30(17(3)31)22-8-5-18(11-23(22)28)19-12-27-29(14-19)20-6-7-20/h15-16,18-24,27H,4-14H2,1-3H3/t15?,16-,18?,19?,21?,22?,23?,24?/m0/s1. The number of carbonyl (C=O) groups excluding carboxylic acids is 2. The van der Waals surface area contributed by atoms with Gasteiger partial charge in [0, 0.05) is 38.6 Å². The SMILES string of the molecule is CC(=O)N1C2CCC(C3CNN(C4CC4)C3)CC2N(C(=O)OC2CCC(C)CC2Cl)C[C@@H]1C. The lowest BCUT2D eigenvalue weighted by molar-refractivity contribution is -0.142. The fraction of sp³-hybridized carbons (Fsp3) is 0.920. The normalized spacial score (nSPS) is 42.2. The van der Waals surface area contributed by atoms with Crippen LogP contribution in [-0.4, -0.2) is 82.1 Å². The molecule has 7 nitrogen and oxygen atoms in total. The van der Waals surface area contributed by atoms with Crippen molar-refractivity contribution >= 4 is 23.6 Å². The maximum atomic E-state index is 13.5. The predicted molar refractivity (Wildman–Crippen MR) is 128 cm³/mol. The molecule has 33 heavy (non-hydrogen) atoms. The van der Waals surface area contributed by atoms with E-state index in [9.17, 15) is 9.59 Å². The molecule has 5 aliphatic rings. The number of fused-ring (bicyclic) bond motifs is 1. The second-order valence-corrected chi connectivity index (χ2v) is 12.1. The molecule has 7 unspecified atom stereocenters. The largest absolute Gasteiger partial charge is 0.445 e. The molecule has 0 spiro atoms. The molecule has 8 atom stereocenters. The number of nitrogens with one attached hydrogen (secondary N) is 1. The van der Waals surface area contributed by atoms with E-state index in [2.05, 4.69) is 24.3 Å². The number of nitrogens with zero attached hydrogens (tertiary/aromatic N) is 3. The van der Waals surface area contributed by atoms with Crippen molar-refractivity contribution in [1.82, 2.24) is 20.2 Å². The smallest absolute Gasteiger partial charge is 0.410 e. The average molecular weight is 481 g/mol. The van der Waals surface area contributed by atoms with Crippen LogP contribution in [0.15, 0.2) is 0 Å². The molecule has 3 saturated carbocycles. The van der Waals surface area contributed by atoms with Gasteiger partial charge in [-0.2, -0.15) is 0 Å². The van der Waals surface area contributed by atoms with Crippen LogP contribution < -0.4 is 5.43 Å². The molecule has 2 aliphatic heterocycles. The summed E-state index contributed by atoms with van der Waals surface area (Å²) < 4.78 is 6.03. The molecular weight excluding hydrogens is 440 g/mol. The third-order valence-corrected chi connectivity index (χ3v) is 9.44. The molecule has 8 heteroatoms. The maximum Gasteiger partial charge on any atom is 0.410 e. The Morgan fingerprint density at radius 3 is 2.42 bits per heavy atom. The van der Waals surface area contributed by atoms with Gasteiger partial charge < -0.3 is 14.5 Å². The van der Waals surface area contributed by atoms with Crippen LogP contribution in [0.5, 0.6) is 0 Å². The van der Waals surface area contributed by atoms with Gasteiger partial charge in [0.05, 0.1) is 17.5 Å². The number of hydrazine groups is 1. The fourth-order valence-electron chi connectivity index (χ4n) is 7.05. The van der Waals surface area contributed by atoms with E-state index in [4.69, 9.17) is 16.3 Å². The molecular formula is C25H41ClN4O3. The van der Waals surface area contributed by atoms with Gasteiger partial charge in [-0.25, -0.2) is 9.80 Å². The van der Waals surface area contributed by atoms with E-state index in [1.165, 1.54) is 12.8 Å². The summed E-state index contributed by atoms with van der Waals surface area (Å²) in [6, 6.07) is 0.845. The summed E-state index contributed by atoms with van der Waals surface area (Å²) in [7, 11) is 0. The zero-order valence-corrected chi connectivity index (χ0v) is 21.2. The van der Waals surface area contributed by atoms with Gasteiger partial charge in [0.25, 0.3) is 0 Å². The Labute approximate surface area is 203 Å². The van der Waals surface area contributed by atoms with Crippen LogP contribution >= 0.6 is 11.6 Å². The summed E-state index contributed by atoms with van der Waals surface area (Å²) in [6.07, 6.45) is 8.00. The Balaban J connectivity index is 1.29. The second kappa shape index (κ2) is 9.54. The minimum Gasteiger partial charge on any atom is -0.445 e. The van der Waals surface area contributed by atoms with Gasteiger partial charge >= 0.3 is 6.09 Å². The summed E-state index contributed by atoms with van der Waals surface area (Å²) >= 11 is 6.58. The number of rotatable bonds is 3. The lowest BCUT2D eigenvalue weighted by Crippen LogP contribution is -2.67. The van der Waals surface area contributed by atoms with Gasteiger partial charge in [-0.3, -0.25) is 10.2 Å². The van der Waals surface area contributed by atoms with Crippen LogP contribution in [0.3, 0.4) is 0 Å². The van der Waals surface area contributed by atoms with E-state index < -0.39 is 0 Å². The van der Waals surface area contributed by atoms with E-state index in [0.29, 0.717) is 24.3 Å². The van der Waals surface area contributed by atoms with Crippen molar-refractivity contribution in [2.45, 2.75) is 108 Å². The summed E-state index contributed by atoms with van der Waals surface area (Å²) in [5, 5.41) is 2.33. The third-order valence-electron chi connectivity index (χ3n) is 8.98. The first-order chi connectivity index (χ1) is 15.8. The molecule has 2 heterocycles. The summed E-state index contributed by atoms with van der Waals surface area (Å²) in [4.78, 5) is 30.0. The molecule has 1 N–H and O–H groups in total. The first-order valence-corrected chi connectivity index (χ1v) is 13.7. The van der Waals surface area contributed by atoms with Crippen molar-refractivity contribution in [3.63, 3.8) is 0 Å². The van der Waals surface area contributed by atoms with E-state index in [-0.39, 0.29) is 41.6 Å². The van der Waals surface area contributed by atoms with Gasteiger partial charge in [-0.05, 0) is 76.0 Å². The quantitative estimate of drug-likeness (QED) is 0.625. The van der Waals surface area contributed by atoms with Gasteiger partial charge in [0.1, 0.15) is 6.10 Å². The highest BCUT2D eigenvalue weighted by atomic mass is 35.5. The summed E-state index contributed by atoms with van der Waals surface area (Å²) in [5.41, 5.74) is 3.62. The highest BCUT2D eigenvalue weighted by Gasteiger charge is 2.49. The number of ether oxygens (including phenoxy) is 1. The molecule has 0 radical (unpaired) electrons. The molecule has 0 aromatic rings. The Hall–Kier alpha value is -1.05. The number of amides is 2. The Kier molecular flexibility index (Phi) is 6.84. The number of halogens is 1. The highest BCUT2D eigenvalue weighted by Crippen LogP contribution is 2.41. The van der Waals surface area contributed by atoms with E-state index in [1.807, 2.05) is 9.80 Å². The molecule has 186 valence electrons. The minimum atomic E-state index is -0.227. The maximum absolute atomic E-state index is 13.5. The number of hydrogen-bond donors (Lipinski definition) is 1. The molecule has 2 amide bonds. The Morgan fingerprint density at radius 1 is 0.939 bits per heavy atom. The molecule has 3 aliphatic carbocycles. The van der Waals surface area contributed by atoms with Crippen molar-refractivity contribution in [3.05, 3.63) is 0 Å². The summed E-state index contributed by atoms with van der Waals surface area (Å²) in [5.74, 6) is 1.88. The van der Waals surface area contributed by atoms with Gasteiger partial charge in [0.15, 0.2) is 0 Å². The topological polar surface area (TPSA) is 65.1 Å². The van der Waals surface area contributed by atoms with Crippen LogP contribution in [0.2, 0.25) is 0 Å². The van der Waals surface area contributed by atoms with Crippen LogP contribution in [0.4, 0.5) is 4.79 Å². The predicted octanol–water partition coefficient (Wildman–Crippen LogP) is 3.61. The van der Waals surface area contributed by atoms with Crippen LogP contribution in [0, 0.1) is 17.8 Å². The highest BCUT2D eigenvalue weighted by molar-refractivity contribution is 6.21. The molecule has 2 saturated heterocycles. The van der Waals surface area contributed by atoms with Crippen molar-refractivity contribution in [1.29, 1.82) is 0 Å². The third kappa shape index (κ3) is 4.87. The minimum absolute atomic E-state index is 0.00420. The molecule has 0 aromatic carbocycles. The van der Waals surface area contributed by atoms with E-state index >= 15 is 0 Å². The number of hydrogen-bond acceptors (Lipinski definition) is 5. The monoisotopic (exact) mass is 480 g/mol. The van der Waals surface area contributed by atoms with Crippen molar-refractivity contribution < 1.29 is 14.3 Å². The molecule has 0 aromatic heterocycles. The van der Waals surface area contributed by atoms with Gasteiger partial charge in [-0.1, -0.05) is 6.92 Å². The van der Waals surface area contributed by atoms with E-state index in [1.54, 1.807) is 6.92 Å². The Morgan fingerprint density at radius 2 is 1.73 bits per heavy atom. The van der Waals surface area contributed by atoms with Gasteiger partial charge in [0.2, 0.25) is 5.91 Å². The molecule has 5 fully saturated rings. The van der Waals surface area contributed by atoms with Gasteiger partial charge in [-0.15, -0.1) is 11.6 Å². The first-order valence-electron chi connectivity index (χ1n) is 13.2. The zero-order valence-electron chi connectivity index (χ0n) is 20.4. The summed E-state index contributed by atoms with van der Waals surface area (Å²) in [6.45, 7) is 8.63. The second-order valence-electron chi connectivity index (χ2n) is 11.5.